The Morgan fingerprint density at radius 1 is 0.900 bits per heavy atom. The molecule has 0 radical (unpaired) electrons. The van der Waals surface area contributed by atoms with Crippen LogP contribution in [0.1, 0.15) is 11.1 Å². The lowest BCUT2D eigenvalue weighted by Crippen LogP contribution is -2.50. The summed E-state index contributed by atoms with van der Waals surface area (Å²) in [5.41, 5.74) is 1.38. The fourth-order valence-corrected chi connectivity index (χ4v) is 6.92. The van der Waals surface area contributed by atoms with Crippen molar-refractivity contribution in [3.63, 3.8) is 0 Å². The summed E-state index contributed by atoms with van der Waals surface area (Å²) in [6, 6.07) is 9.14. The number of piperazine rings is 1. The van der Waals surface area contributed by atoms with E-state index in [9.17, 15) is 17.6 Å². The van der Waals surface area contributed by atoms with Crippen LogP contribution in [0.3, 0.4) is 0 Å². The summed E-state index contributed by atoms with van der Waals surface area (Å²) in [5.74, 6) is -0.713. The van der Waals surface area contributed by atoms with Gasteiger partial charge in [0.1, 0.15) is 11.5 Å². The smallest absolute Gasteiger partial charge is 0.292 e. The largest absolute Gasteiger partial charge is 0.378 e. The highest BCUT2D eigenvalue weighted by Gasteiger charge is 2.31. The summed E-state index contributed by atoms with van der Waals surface area (Å²) in [5, 5.41) is 5.22. The van der Waals surface area contributed by atoms with Crippen molar-refractivity contribution in [1.29, 1.82) is 0 Å². The van der Waals surface area contributed by atoms with Crippen molar-refractivity contribution in [3.05, 3.63) is 85.0 Å². The van der Waals surface area contributed by atoms with Crippen molar-refractivity contribution in [1.82, 2.24) is 14.1 Å². The number of morpholine rings is 1. The normalized spacial score (nSPS) is 16.9. The molecule has 2 fully saturated rings. The summed E-state index contributed by atoms with van der Waals surface area (Å²) < 4.78 is 48.9. The highest BCUT2D eigenvalue weighted by atomic mass is 35.5. The maximum atomic E-state index is 14.5. The third-order valence-electron chi connectivity index (χ3n) is 7.00. The van der Waals surface area contributed by atoms with Crippen LogP contribution in [0.25, 0.3) is 0 Å². The van der Waals surface area contributed by atoms with Crippen LogP contribution in [0.15, 0.2) is 47.4 Å². The second-order valence-electron chi connectivity index (χ2n) is 9.53. The van der Waals surface area contributed by atoms with Gasteiger partial charge in [0.05, 0.1) is 47.4 Å². The van der Waals surface area contributed by atoms with Crippen molar-refractivity contribution < 1.29 is 17.5 Å². The molecule has 0 aliphatic carbocycles. The van der Waals surface area contributed by atoms with Gasteiger partial charge in [-0.2, -0.15) is 9.40 Å². The van der Waals surface area contributed by atoms with Gasteiger partial charge in [0.15, 0.2) is 0 Å². The molecule has 0 unspecified atom stereocenters. The summed E-state index contributed by atoms with van der Waals surface area (Å²) >= 11 is 18.2. The molecule has 2 aliphatic heterocycles. The predicted octanol–water partition coefficient (Wildman–Crippen LogP) is 3.88. The molecule has 0 saturated carbocycles. The number of nitrogens with zero attached hydrogens (tertiary/aromatic N) is 5. The quantitative estimate of drug-likeness (QED) is 0.392. The minimum atomic E-state index is -3.61. The molecule has 0 amide bonds. The molecule has 0 N–H and O–H groups in total. The van der Waals surface area contributed by atoms with E-state index in [0.29, 0.717) is 66.4 Å². The Kier molecular flexibility index (Phi) is 8.89. The Morgan fingerprint density at radius 2 is 1.62 bits per heavy atom. The van der Waals surface area contributed by atoms with E-state index in [0.717, 1.165) is 0 Å². The molecule has 2 saturated heterocycles. The molecule has 0 spiro atoms. The summed E-state index contributed by atoms with van der Waals surface area (Å²) in [7, 11) is -3.61. The van der Waals surface area contributed by atoms with Crippen molar-refractivity contribution in [3.8, 4) is 0 Å². The van der Waals surface area contributed by atoms with E-state index < -0.39 is 15.8 Å². The number of hydrogen-bond donors (Lipinski definition) is 0. The number of benzene rings is 2. The van der Waals surface area contributed by atoms with Crippen LogP contribution in [0.2, 0.25) is 15.1 Å². The van der Waals surface area contributed by atoms with Crippen molar-refractivity contribution in [2.45, 2.75) is 12.3 Å². The average Bonchev–Trinajstić information content (AvgIpc) is 2.94. The van der Waals surface area contributed by atoms with E-state index in [2.05, 4.69) is 5.10 Å². The number of hydrogen-bond acceptors (Lipinski definition) is 7. The zero-order valence-corrected chi connectivity index (χ0v) is 24.5. The van der Waals surface area contributed by atoms with Gasteiger partial charge in [-0.1, -0.05) is 46.9 Å². The fourth-order valence-electron chi connectivity index (χ4n) is 4.87. The highest BCUT2D eigenvalue weighted by Crippen LogP contribution is 2.29. The number of rotatable bonds is 7. The van der Waals surface area contributed by atoms with Gasteiger partial charge in [-0.3, -0.25) is 4.79 Å². The minimum Gasteiger partial charge on any atom is -0.378 e. The Hall–Kier alpha value is -2.41. The first-order valence-corrected chi connectivity index (χ1v) is 15.4. The van der Waals surface area contributed by atoms with Crippen LogP contribution in [0.4, 0.5) is 15.8 Å². The molecule has 0 bridgehead atoms. The highest BCUT2D eigenvalue weighted by molar-refractivity contribution is 7.88. The molecular weight excluding hydrogens is 604 g/mol. The third-order valence-corrected chi connectivity index (χ3v) is 9.94. The number of halogens is 4. The van der Waals surface area contributed by atoms with Gasteiger partial charge in [-0.15, -0.1) is 0 Å². The maximum Gasteiger partial charge on any atom is 0.292 e. The fraction of sp³-hybridized carbons (Fsp3) is 0.385. The van der Waals surface area contributed by atoms with Gasteiger partial charge in [0, 0.05) is 49.9 Å². The second-order valence-corrected chi connectivity index (χ2v) is 12.7. The minimum absolute atomic E-state index is 0.122. The van der Waals surface area contributed by atoms with E-state index in [-0.39, 0.29) is 41.5 Å². The average molecular weight is 631 g/mol. The van der Waals surface area contributed by atoms with Gasteiger partial charge in [0.25, 0.3) is 5.56 Å². The van der Waals surface area contributed by atoms with E-state index in [1.807, 2.05) is 9.80 Å². The molecule has 2 aliphatic rings. The second kappa shape index (κ2) is 12.2. The first-order valence-electron chi connectivity index (χ1n) is 12.7. The third kappa shape index (κ3) is 6.24. The van der Waals surface area contributed by atoms with Crippen LogP contribution in [0, 0.1) is 5.82 Å². The van der Waals surface area contributed by atoms with Crippen LogP contribution in [0.5, 0.6) is 0 Å². The molecule has 40 heavy (non-hydrogen) atoms. The number of aromatic nitrogens is 2. The monoisotopic (exact) mass is 629 g/mol. The number of anilines is 2. The zero-order valence-electron chi connectivity index (χ0n) is 21.4. The van der Waals surface area contributed by atoms with E-state index >= 15 is 0 Å². The summed E-state index contributed by atoms with van der Waals surface area (Å²) in [6.07, 6.45) is 1.58. The SMILES string of the molecule is O=c1c(N2CCOCC2)c(N2CCN(S(=O)(=O)Cc3ccc(Cl)c(Cl)c3)CC2)cnn1Cc1c(F)cccc1Cl. The van der Waals surface area contributed by atoms with Gasteiger partial charge < -0.3 is 14.5 Å². The van der Waals surface area contributed by atoms with Crippen molar-refractivity contribution in [2.24, 2.45) is 0 Å². The first-order chi connectivity index (χ1) is 19.1. The van der Waals surface area contributed by atoms with Crippen molar-refractivity contribution in [2.75, 3.05) is 62.3 Å². The van der Waals surface area contributed by atoms with Crippen molar-refractivity contribution >= 4 is 56.2 Å². The predicted molar refractivity (Wildman–Crippen MR) is 155 cm³/mol. The Balaban J connectivity index is 1.38. The lowest BCUT2D eigenvalue weighted by atomic mass is 10.2. The summed E-state index contributed by atoms with van der Waals surface area (Å²) in [6.45, 7) is 3.00. The molecule has 9 nitrogen and oxygen atoms in total. The molecule has 0 atom stereocenters. The summed E-state index contributed by atoms with van der Waals surface area (Å²) in [4.78, 5) is 17.6. The standard InChI is InChI=1S/C26H27Cl3FN5O4S/c27-20-2-1-3-23(30)19(20)16-35-26(36)25(33-10-12-39-13-11-33)24(15-31-35)32-6-8-34(9-7-32)40(37,38)17-18-4-5-21(28)22(29)14-18/h1-5,14-15H,6-13,16-17H2. The maximum absolute atomic E-state index is 14.5. The molecule has 5 rings (SSSR count). The number of sulfonamides is 1. The molecule has 3 aromatic rings. The molecule has 1 aromatic heterocycles. The molecule has 2 aromatic carbocycles. The molecule has 3 heterocycles. The lowest BCUT2D eigenvalue weighted by Gasteiger charge is -2.38. The van der Waals surface area contributed by atoms with Gasteiger partial charge in [0.2, 0.25) is 10.0 Å². The van der Waals surface area contributed by atoms with Crippen LogP contribution in [-0.4, -0.2) is 75.0 Å². The van der Waals surface area contributed by atoms with Gasteiger partial charge in [-0.25, -0.2) is 17.5 Å². The molecular formula is C26H27Cl3FN5O4S. The molecule has 214 valence electrons. The van der Waals surface area contributed by atoms with E-state index in [4.69, 9.17) is 39.5 Å². The van der Waals surface area contributed by atoms with Crippen LogP contribution >= 0.6 is 34.8 Å². The van der Waals surface area contributed by atoms with Crippen LogP contribution in [-0.2, 0) is 27.1 Å². The molecule has 14 heteroatoms. The Labute approximate surface area is 246 Å². The number of ether oxygens (including phenoxy) is 1. The van der Waals surface area contributed by atoms with Crippen LogP contribution < -0.4 is 15.4 Å². The van der Waals surface area contributed by atoms with E-state index in [1.54, 1.807) is 30.5 Å². The first kappa shape index (κ1) is 29.1. The van der Waals surface area contributed by atoms with Gasteiger partial charge in [-0.05, 0) is 29.8 Å². The topological polar surface area (TPSA) is 88.0 Å². The Bertz CT molecular complexity index is 1540. The van der Waals surface area contributed by atoms with E-state index in [1.165, 1.54) is 21.1 Å². The lowest BCUT2D eigenvalue weighted by molar-refractivity contribution is 0.122. The zero-order chi connectivity index (χ0) is 28.4. The van der Waals surface area contributed by atoms with Gasteiger partial charge >= 0.3 is 0 Å². The Morgan fingerprint density at radius 3 is 2.30 bits per heavy atom.